The second-order valence-corrected chi connectivity index (χ2v) is 6.45. The van der Waals surface area contributed by atoms with Gasteiger partial charge in [-0.2, -0.15) is 11.3 Å². The Bertz CT molecular complexity index is 890. The van der Waals surface area contributed by atoms with Crippen LogP contribution in [0.3, 0.4) is 0 Å². The molecule has 3 rings (SSSR count). The van der Waals surface area contributed by atoms with Gasteiger partial charge in [0.15, 0.2) is 6.29 Å². The van der Waals surface area contributed by atoms with Crippen molar-refractivity contribution in [3.05, 3.63) is 82.0 Å². The maximum atomic E-state index is 12.2. The Hall–Kier alpha value is -3.12. The summed E-state index contributed by atoms with van der Waals surface area (Å²) in [6, 6.07) is 15.8. The van der Waals surface area contributed by atoms with Crippen LogP contribution in [0.25, 0.3) is 0 Å². The first-order valence-corrected chi connectivity index (χ1v) is 9.18. The molecule has 27 heavy (non-hydrogen) atoms. The van der Waals surface area contributed by atoms with Gasteiger partial charge in [-0.05, 0) is 34.5 Å². The summed E-state index contributed by atoms with van der Waals surface area (Å²) in [4.78, 5) is 23.6. The van der Waals surface area contributed by atoms with Gasteiger partial charge in [0.2, 0.25) is 6.10 Å². The molecule has 1 atom stereocenters. The fraction of sp³-hybridized carbons (Fsp3) is 0.143. The summed E-state index contributed by atoms with van der Waals surface area (Å²) < 4.78 is 16.5. The molecule has 0 spiro atoms. The average molecular weight is 382 g/mol. The van der Waals surface area contributed by atoms with Crippen LogP contribution in [-0.2, 0) is 16.1 Å². The molecule has 3 aromatic rings. The Labute approximate surface area is 161 Å². The van der Waals surface area contributed by atoms with Gasteiger partial charge in [0.1, 0.15) is 18.1 Å². The fourth-order valence-electron chi connectivity index (χ4n) is 2.46. The first-order chi connectivity index (χ1) is 13.2. The third kappa shape index (κ3) is 4.74. The molecule has 0 saturated carbocycles. The molecular formula is C21H18O5S. The number of benzene rings is 2. The van der Waals surface area contributed by atoms with Crippen molar-refractivity contribution >= 4 is 23.6 Å². The van der Waals surface area contributed by atoms with Crippen LogP contribution in [0.15, 0.2) is 65.4 Å². The first kappa shape index (κ1) is 18.7. The topological polar surface area (TPSA) is 61.8 Å². The normalized spacial score (nSPS) is 11.4. The highest BCUT2D eigenvalue weighted by Gasteiger charge is 2.24. The van der Waals surface area contributed by atoms with Gasteiger partial charge in [-0.15, -0.1) is 0 Å². The van der Waals surface area contributed by atoms with Crippen molar-refractivity contribution in [1.29, 1.82) is 0 Å². The van der Waals surface area contributed by atoms with E-state index in [9.17, 15) is 9.59 Å². The number of thiophene rings is 1. The van der Waals surface area contributed by atoms with E-state index in [1.165, 1.54) is 7.11 Å². The minimum atomic E-state index is -0.984. The SMILES string of the molecule is COC(=O)C(Oc1cc(OCc2ccsc2)ccc1C=O)c1ccccc1. The lowest BCUT2D eigenvalue weighted by atomic mass is 10.1. The number of carbonyl (C=O) groups excluding carboxylic acids is 2. The number of aldehydes is 1. The van der Waals surface area contributed by atoms with Crippen molar-refractivity contribution in [3.63, 3.8) is 0 Å². The zero-order valence-electron chi connectivity index (χ0n) is 14.7. The number of rotatable bonds is 8. The summed E-state index contributed by atoms with van der Waals surface area (Å²) >= 11 is 1.59. The Balaban J connectivity index is 1.85. The Morgan fingerprint density at radius 2 is 1.96 bits per heavy atom. The van der Waals surface area contributed by atoms with E-state index in [-0.39, 0.29) is 5.75 Å². The summed E-state index contributed by atoms with van der Waals surface area (Å²) in [5, 5.41) is 3.98. The van der Waals surface area contributed by atoms with Gasteiger partial charge in [0, 0.05) is 11.6 Å². The van der Waals surface area contributed by atoms with Crippen molar-refractivity contribution in [1.82, 2.24) is 0 Å². The summed E-state index contributed by atoms with van der Waals surface area (Å²) in [5.41, 5.74) is 2.01. The molecule has 0 fully saturated rings. The Morgan fingerprint density at radius 1 is 1.15 bits per heavy atom. The van der Waals surface area contributed by atoms with Crippen LogP contribution in [0, 0.1) is 0 Å². The molecule has 0 aliphatic carbocycles. The molecule has 6 heteroatoms. The largest absolute Gasteiger partial charge is 0.489 e. The van der Waals surface area contributed by atoms with E-state index in [1.807, 2.05) is 22.9 Å². The van der Waals surface area contributed by atoms with Gasteiger partial charge in [-0.1, -0.05) is 30.3 Å². The molecule has 1 unspecified atom stereocenters. The molecule has 0 radical (unpaired) electrons. The van der Waals surface area contributed by atoms with E-state index >= 15 is 0 Å². The van der Waals surface area contributed by atoms with Crippen LogP contribution in [-0.4, -0.2) is 19.4 Å². The molecular weight excluding hydrogens is 364 g/mol. The monoisotopic (exact) mass is 382 g/mol. The molecule has 138 valence electrons. The van der Waals surface area contributed by atoms with Gasteiger partial charge >= 0.3 is 5.97 Å². The van der Waals surface area contributed by atoms with E-state index in [4.69, 9.17) is 14.2 Å². The van der Waals surface area contributed by atoms with Gasteiger partial charge in [-0.3, -0.25) is 4.79 Å². The van der Waals surface area contributed by atoms with Gasteiger partial charge in [-0.25, -0.2) is 4.79 Å². The van der Waals surface area contributed by atoms with Crippen LogP contribution in [0.5, 0.6) is 11.5 Å². The number of hydrogen-bond donors (Lipinski definition) is 0. The lowest BCUT2D eigenvalue weighted by Crippen LogP contribution is -2.20. The minimum absolute atomic E-state index is 0.257. The van der Waals surface area contributed by atoms with Crippen LogP contribution in [0.1, 0.15) is 27.6 Å². The average Bonchev–Trinajstić information content (AvgIpc) is 3.24. The quantitative estimate of drug-likeness (QED) is 0.426. The number of carbonyl (C=O) groups is 2. The molecule has 0 amide bonds. The smallest absolute Gasteiger partial charge is 0.351 e. The van der Waals surface area contributed by atoms with E-state index in [2.05, 4.69) is 0 Å². The van der Waals surface area contributed by atoms with Crippen LogP contribution >= 0.6 is 11.3 Å². The molecule has 1 aromatic heterocycles. The second kappa shape index (κ2) is 9.00. The zero-order valence-corrected chi connectivity index (χ0v) is 15.5. The first-order valence-electron chi connectivity index (χ1n) is 8.24. The van der Waals surface area contributed by atoms with Gasteiger partial charge < -0.3 is 14.2 Å². The lowest BCUT2D eigenvalue weighted by molar-refractivity contribution is -0.149. The molecule has 5 nitrogen and oxygen atoms in total. The van der Waals surface area contributed by atoms with Crippen molar-refractivity contribution in [2.24, 2.45) is 0 Å². The number of esters is 1. The Morgan fingerprint density at radius 3 is 2.63 bits per heavy atom. The second-order valence-electron chi connectivity index (χ2n) is 5.67. The third-order valence-electron chi connectivity index (χ3n) is 3.86. The lowest BCUT2D eigenvalue weighted by Gasteiger charge is -2.19. The predicted molar refractivity (Wildman–Crippen MR) is 102 cm³/mol. The highest BCUT2D eigenvalue weighted by atomic mass is 32.1. The molecule has 0 bridgehead atoms. The summed E-state index contributed by atoms with van der Waals surface area (Å²) in [6.45, 7) is 0.405. The molecule has 2 aromatic carbocycles. The summed E-state index contributed by atoms with van der Waals surface area (Å²) in [5.74, 6) is 0.244. The van der Waals surface area contributed by atoms with Crippen molar-refractivity contribution in [2.75, 3.05) is 7.11 Å². The molecule has 0 aliphatic heterocycles. The van der Waals surface area contributed by atoms with E-state index in [0.717, 1.165) is 5.56 Å². The highest BCUT2D eigenvalue weighted by Crippen LogP contribution is 2.30. The van der Waals surface area contributed by atoms with Crippen LogP contribution in [0.4, 0.5) is 0 Å². The van der Waals surface area contributed by atoms with Gasteiger partial charge in [0.05, 0.1) is 12.7 Å². The van der Waals surface area contributed by atoms with E-state index < -0.39 is 12.1 Å². The van der Waals surface area contributed by atoms with Crippen molar-refractivity contribution < 1.29 is 23.8 Å². The zero-order chi connectivity index (χ0) is 19.1. The highest BCUT2D eigenvalue weighted by molar-refractivity contribution is 7.07. The Kier molecular flexibility index (Phi) is 6.22. The number of hydrogen-bond acceptors (Lipinski definition) is 6. The van der Waals surface area contributed by atoms with E-state index in [0.29, 0.717) is 29.8 Å². The molecule has 0 N–H and O–H groups in total. The van der Waals surface area contributed by atoms with Crippen LogP contribution in [0.2, 0.25) is 0 Å². The third-order valence-corrected chi connectivity index (χ3v) is 4.59. The van der Waals surface area contributed by atoms with Crippen molar-refractivity contribution in [3.8, 4) is 11.5 Å². The van der Waals surface area contributed by atoms with Crippen LogP contribution < -0.4 is 9.47 Å². The number of ether oxygens (including phenoxy) is 3. The van der Waals surface area contributed by atoms with Gasteiger partial charge in [0.25, 0.3) is 0 Å². The number of methoxy groups -OCH3 is 1. The fourth-order valence-corrected chi connectivity index (χ4v) is 3.11. The maximum Gasteiger partial charge on any atom is 0.351 e. The summed E-state index contributed by atoms with van der Waals surface area (Å²) in [7, 11) is 1.29. The molecule has 1 heterocycles. The standard InChI is InChI=1S/C21H18O5S/c1-24-21(23)20(16-5-3-2-4-6-16)26-19-11-18(8-7-17(19)12-22)25-13-15-9-10-27-14-15/h2-12,14,20H,13H2,1H3. The summed E-state index contributed by atoms with van der Waals surface area (Å²) in [6.07, 6.45) is -0.306. The van der Waals surface area contributed by atoms with E-state index in [1.54, 1.807) is 53.8 Å². The predicted octanol–water partition coefficient (Wildman–Crippen LogP) is 4.43. The van der Waals surface area contributed by atoms with Crippen molar-refractivity contribution in [2.45, 2.75) is 12.7 Å². The molecule has 0 aliphatic rings. The minimum Gasteiger partial charge on any atom is -0.489 e. The molecule has 0 saturated heterocycles. The maximum absolute atomic E-state index is 12.2.